The maximum Gasteiger partial charge on any atom is -0.0277 e. The Labute approximate surface area is 91.5 Å². The topological polar surface area (TPSA) is 0 Å². The van der Waals surface area contributed by atoms with Crippen LogP contribution in [-0.2, 0) is 0 Å². The van der Waals surface area contributed by atoms with E-state index >= 15 is 0 Å². The molecule has 0 aromatic carbocycles. The molecule has 0 rings (SSSR count). The normalized spacial score (nSPS) is 12.9. The van der Waals surface area contributed by atoms with Crippen molar-refractivity contribution in [1.82, 2.24) is 0 Å². The summed E-state index contributed by atoms with van der Waals surface area (Å²) in [5, 5.41) is 0. The summed E-state index contributed by atoms with van der Waals surface area (Å²) >= 11 is 0. The summed E-state index contributed by atoms with van der Waals surface area (Å²) in [6.45, 7) is 14.2. The van der Waals surface area contributed by atoms with Gasteiger partial charge in [0.05, 0.1) is 0 Å². The lowest BCUT2D eigenvalue weighted by Crippen LogP contribution is -2.28. The van der Waals surface area contributed by atoms with Crippen molar-refractivity contribution in [3.63, 3.8) is 0 Å². The molecule has 0 aliphatic heterocycles. The van der Waals surface area contributed by atoms with E-state index in [9.17, 15) is 0 Å². The largest absolute Gasteiger partial charge is 0.0651 e. The molecule has 0 fully saturated rings. The van der Waals surface area contributed by atoms with Crippen LogP contribution in [-0.4, -0.2) is 0 Å². The van der Waals surface area contributed by atoms with E-state index in [1.54, 1.807) is 0 Å². The zero-order valence-corrected chi connectivity index (χ0v) is 11.2. The van der Waals surface area contributed by atoms with E-state index < -0.39 is 0 Å². The Balaban J connectivity index is 4.48. The van der Waals surface area contributed by atoms with Gasteiger partial charge in [0, 0.05) is 0 Å². The molecule has 0 bridgehead atoms. The van der Waals surface area contributed by atoms with Crippen LogP contribution < -0.4 is 0 Å². The molecule has 0 spiro atoms. The second-order valence-electron chi connectivity index (χ2n) is 5.11. The van der Waals surface area contributed by atoms with Crippen LogP contribution in [0.2, 0.25) is 0 Å². The molecular weight excluding hydrogens is 168 g/mol. The van der Waals surface area contributed by atoms with Gasteiger partial charge in [-0.3, -0.25) is 0 Å². The monoisotopic (exact) mass is 198 g/mol. The third kappa shape index (κ3) is 3.29. The standard InChI is InChI=1S/C14H30/c1-7-13(8-2)11-14(9-3,10-4)12(5)6/h12-13H,7-11H2,1-6H3. The summed E-state index contributed by atoms with van der Waals surface area (Å²) in [6, 6.07) is 0. The quantitative estimate of drug-likeness (QED) is 0.522. The van der Waals surface area contributed by atoms with Crippen LogP contribution in [0.1, 0.15) is 73.6 Å². The van der Waals surface area contributed by atoms with Crippen LogP contribution >= 0.6 is 0 Å². The molecule has 0 heterocycles. The van der Waals surface area contributed by atoms with Gasteiger partial charge in [-0.25, -0.2) is 0 Å². The summed E-state index contributed by atoms with van der Waals surface area (Å²) in [4.78, 5) is 0. The Bertz CT molecular complexity index is 127. The first-order valence-electron chi connectivity index (χ1n) is 6.56. The Kier molecular flexibility index (Phi) is 6.48. The molecule has 0 heteroatoms. The second-order valence-corrected chi connectivity index (χ2v) is 5.11. The highest BCUT2D eigenvalue weighted by Gasteiger charge is 2.31. The van der Waals surface area contributed by atoms with Crippen LogP contribution in [0.5, 0.6) is 0 Å². The van der Waals surface area contributed by atoms with Crippen molar-refractivity contribution in [1.29, 1.82) is 0 Å². The van der Waals surface area contributed by atoms with E-state index in [-0.39, 0.29) is 0 Å². The van der Waals surface area contributed by atoms with Crippen molar-refractivity contribution in [3.8, 4) is 0 Å². The van der Waals surface area contributed by atoms with E-state index in [4.69, 9.17) is 0 Å². The highest BCUT2D eigenvalue weighted by molar-refractivity contribution is 4.82. The number of rotatable bonds is 7. The van der Waals surface area contributed by atoms with Gasteiger partial charge in [-0.05, 0) is 23.7 Å². The smallest absolute Gasteiger partial charge is 0.0277 e. The van der Waals surface area contributed by atoms with Crippen molar-refractivity contribution in [2.45, 2.75) is 73.6 Å². The average molecular weight is 198 g/mol. The van der Waals surface area contributed by atoms with Crippen LogP contribution in [0.25, 0.3) is 0 Å². The maximum atomic E-state index is 2.40. The fourth-order valence-electron chi connectivity index (χ4n) is 2.74. The molecule has 0 aliphatic carbocycles. The fourth-order valence-corrected chi connectivity index (χ4v) is 2.74. The second kappa shape index (κ2) is 6.48. The minimum Gasteiger partial charge on any atom is -0.0651 e. The fraction of sp³-hybridized carbons (Fsp3) is 1.00. The van der Waals surface area contributed by atoms with Gasteiger partial charge in [-0.2, -0.15) is 0 Å². The SMILES string of the molecule is CCC(CC)CC(CC)(CC)C(C)C. The zero-order valence-electron chi connectivity index (χ0n) is 11.2. The Morgan fingerprint density at radius 3 is 1.50 bits per heavy atom. The lowest BCUT2D eigenvalue weighted by atomic mass is 9.67. The van der Waals surface area contributed by atoms with Crippen molar-refractivity contribution < 1.29 is 0 Å². The number of hydrogen-bond acceptors (Lipinski definition) is 0. The molecular formula is C14H30. The highest BCUT2D eigenvalue weighted by atomic mass is 14.4. The maximum absolute atomic E-state index is 2.40. The predicted octanol–water partition coefficient (Wildman–Crippen LogP) is 5.28. The van der Waals surface area contributed by atoms with E-state index in [0.29, 0.717) is 5.41 Å². The number of hydrogen-bond donors (Lipinski definition) is 0. The van der Waals surface area contributed by atoms with E-state index in [0.717, 1.165) is 11.8 Å². The summed E-state index contributed by atoms with van der Waals surface area (Å²) in [6.07, 6.45) is 6.83. The van der Waals surface area contributed by atoms with Gasteiger partial charge in [-0.15, -0.1) is 0 Å². The van der Waals surface area contributed by atoms with Crippen molar-refractivity contribution in [3.05, 3.63) is 0 Å². The molecule has 0 aromatic rings. The minimum absolute atomic E-state index is 0.608. The van der Waals surface area contributed by atoms with E-state index in [2.05, 4.69) is 41.5 Å². The lowest BCUT2D eigenvalue weighted by Gasteiger charge is -2.39. The molecule has 0 radical (unpaired) electrons. The van der Waals surface area contributed by atoms with Gasteiger partial charge in [-0.1, -0.05) is 67.2 Å². The molecule has 0 aliphatic rings. The van der Waals surface area contributed by atoms with Gasteiger partial charge in [0.25, 0.3) is 0 Å². The molecule has 86 valence electrons. The van der Waals surface area contributed by atoms with Crippen molar-refractivity contribution in [2.75, 3.05) is 0 Å². The average Bonchev–Trinajstić information content (AvgIpc) is 2.20. The minimum atomic E-state index is 0.608. The molecule has 0 nitrogen and oxygen atoms in total. The van der Waals surface area contributed by atoms with E-state index in [1.165, 1.54) is 32.1 Å². The van der Waals surface area contributed by atoms with Gasteiger partial charge in [0.15, 0.2) is 0 Å². The first-order chi connectivity index (χ1) is 6.56. The van der Waals surface area contributed by atoms with Crippen LogP contribution in [0.4, 0.5) is 0 Å². The molecule has 0 atom stereocenters. The van der Waals surface area contributed by atoms with Gasteiger partial charge in [0.2, 0.25) is 0 Å². The summed E-state index contributed by atoms with van der Waals surface area (Å²) in [5.74, 6) is 1.77. The summed E-state index contributed by atoms with van der Waals surface area (Å²) < 4.78 is 0. The lowest BCUT2D eigenvalue weighted by molar-refractivity contribution is 0.120. The van der Waals surface area contributed by atoms with Crippen LogP contribution in [0, 0.1) is 17.3 Å². The highest BCUT2D eigenvalue weighted by Crippen LogP contribution is 2.42. The third-order valence-electron chi connectivity index (χ3n) is 4.48. The van der Waals surface area contributed by atoms with Crippen molar-refractivity contribution in [2.24, 2.45) is 17.3 Å². The Morgan fingerprint density at radius 2 is 1.29 bits per heavy atom. The molecule has 0 aromatic heterocycles. The summed E-state index contributed by atoms with van der Waals surface area (Å²) in [5.41, 5.74) is 0.608. The molecule has 0 unspecified atom stereocenters. The Morgan fingerprint density at radius 1 is 0.857 bits per heavy atom. The molecule has 14 heavy (non-hydrogen) atoms. The van der Waals surface area contributed by atoms with Gasteiger partial charge in [0.1, 0.15) is 0 Å². The first-order valence-corrected chi connectivity index (χ1v) is 6.56. The van der Waals surface area contributed by atoms with Gasteiger partial charge < -0.3 is 0 Å². The third-order valence-corrected chi connectivity index (χ3v) is 4.48. The van der Waals surface area contributed by atoms with Crippen molar-refractivity contribution >= 4 is 0 Å². The van der Waals surface area contributed by atoms with Crippen LogP contribution in [0.15, 0.2) is 0 Å². The first kappa shape index (κ1) is 14.0. The van der Waals surface area contributed by atoms with E-state index in [1.807, 2.05) is 0 Å². The van der Waals surface area contributed by atoms with Gasteiger partial charge >= 0.3 is 0 Å². The molecule has 0 saturated heterocycles. The zero-order chi connectivity index (χ0) is 11.2. The van der Waals surface area contributed by atoms with Crippen LogP contribution in [0.3, 0.4) is 0 Å². The molecule has 0 saturated carbocycles. The molecule has 0 N–H and O–H groups in total. The molecule has 0 amide bonds. The predicted molar refractivity (Wildman–Crippen MR) is 66.5 cm³/mol. The Hall–Kier alpha value is 0. The summed E-state index contributed by atoms with van der Waals surface area (Å²) in [7, 11) is 0.